The second-order valence-electron chi connectivity index (χ2n) is 9.47. The highest BCUT2D eigenvalue weighted by Gasteiger charge is 2.33. The summed E-state index contributed by atoms with van der Waals surface area (Å²) < 4.78 is 79.6. The molecule has 46 heavy (non-hydrogen) atoms. The molecule has 14 heteroatoms. The molecule has 0 heterocycles. The summed E-state index contributed by atoms with van der Waals surface area (Å²) in [7, 11) is 0. The van der Waals surface area contributed by atoms with E-state index in [4.69, 9.17) is 0 Å². The van der Waals surface area contributed by atoms with E-state index >= 15 is 0 Å². The molecule has 0 fully saturated rings. The summed E-state index contributed by atoms with van der Waals surface area (Å²) in [6, 6.07) is 14.5. The van der Waals surface area contributed by atoms with Gasteiger partial charge < -0.3 is 0 Å². The molecule has 5 aromatic rings. The van der Waals surface area contributed by atoms with Crippen molar-refractivity contribution in [1.82, 2.24) is 0 Å². The number of halogens is 6. The van der Waals surface area contributed by atoms with Gasteiger partial charge >= 0.3 is 12.4 Å². The lowest BCUT2D eigenvalue weighted by Crippen LogP contribution is -2.07. The number of hydrogen-bond donors (Lipinski definition) is 0. The van der Waals surface area contributed by atoms with Gasteiger partial charge in [0.15, 0.2) is 0 Å². The molecule has 0 aliphatic rings. The zero-order valence-electron chi connectivity index (χ0n) is 22.5. The third kappa shape index (κ3) is 4.52. The Kier molecular flexibility index (Phi) is 7.23. The van der Waals surface area contributed by atoms with Crippen molar-refractivity contribution in [3.63, 3.8) is 0 Å². The molecule has 5 rings (SSSR count). The van der Waals surface area contributed by atoms with E-state index in [1.807, 2.05) is 24.3 Å². The smallest absolute Gasteiger partial charge is 0.192 e. The number of alkyl halides is 6. The van der Waals surface area contributed by atoms with Crippen LogP contribution in [0.1, 0.15) is 33.4 Å². The van der Waals surface area contributed by atoms with Gasteiger partial charge in [-0.1, -0.05) is 24.3 Å². The van der Waals surface area contributed by atoms with Gasteiger partial charge in [0.1, 0.15) is 24.3 Å². The zero-order valence-corrected chi connectivity index (χ0v) is 22.5. The van der Waals surface area contributed by atoms with Gasteiger partial charge in [-0.2, -0.15) is 67.9 Å². The molecular weight excluding hydrogens is 610 g/mol. The highest BCUT2D eigenvalue weighted by Crippen LogP contribution is 2.42. The zero-order chi connectivity index (χ0) is 33.6. The molecule has 5 aromatic carbocycles. The Morgan fingerprint density at radius 3 is 0.978 bits per heavy atom. The molecule has 0 bridgehead atoms. The van der Waals surface area contributed by atoms with E-state index in [0.29, 0.717) is 0 Å². The first kappa shape index (κ1) is 30.5. The van der Waals surface area contributed by atoms with Crippen LogP contribution in [-0.4, -0.2) is 0 Å². The van der Waals surface area contributed by atoms with Crippen molar-refractivity contribution in [2.45, 2.75) is 12.4 Å². The predicted molar refractivity (Wildman–Crippen MR) is 146 cm³/mol. The lowest BCUT2D eigenvalue weighted by Gasteiger charge is -2.07. The van der Waals surface area contributed by atoms with Crippen molar-refractivity contribution in [2.75, 3.05) is 0 Å². The Morgan fingerprint density at radius 2 is 0.739 bits per heavy atom. The highest BCUT2D eigenvalue weighted by molar-refractivity contribution is 6.18. The normalized spacial score (nSPS) is 12.3. The molecule has 0 unspecified atom stereocenters. The Bertz CT molecular complexity index is 2310. The minimum Gasteiger partial charge on any atom is -0.192 e. The average Bonchev–Trinajstić information content (AvgIpc) is 3.52. The molecule has 218 valence electrons. The second kappa shape index (κ2) is 10.9. The number of fused-ring (bicyclic) bond motifs is 2. The Hall–Kier alpha value is -7.00. The molecule has 0 saturated carbocycles. The molecule has 0 saturated heterocycles. The number of nitrogens with zero attached hydrogens (tertiary/aromatic N) is 8. The van der Waals surface area contributed by atoms with E-state index < -0.39 is 34.6 Å². The number of nitriles is 6. The van der Waals surface area contributed by atoms with E-state index in [-0.39, 0.29) is 65.6 Å². The summed E-state index contributed by atoms with van der Waals surface area (Å²) in [5.41, 5.74) is -3.90. The first-order valence-electron chi connectivity index (χ1n) is 12.5. The van der Waals surface area contributed by atoms with Crippen molar-refractivity contribution in [2.24, 2.45) is 9.98 Å². The summed E-state index contributed by atoms with van der Waals surface area (Å²) >= 11 is 0. The maximum Gasteiger partial charge on any atom is 0.416 e. The SMILES string of the molecule is N#CN=c1c(-c2ccc(C(F)(F)F)cc2)c(C#N)c2c(C#N)c3c(=NC#N)c(-c4ccc(C(F)(F)F)cc4)c(C#N)c3c(C#N)c12. The highest BCUT2D eigenvalue weighted by atomic mass is 19.4. The van der Waals surface area contributed by atoms with Crippen molar-refractivity contribution in [1.29, 1.82) is 31.6 Å². The van der Waals surface area contributed by atoms with Gasteiger partial charge in [-0.25, -0.2) is 0 Å². The Labute approximate surface area is 253 Å². The quantitative estimate of drug-likeness (QED) is 0.162. The maximum absolute atomic E-state index is 13.3. The van der Waals surface area contributed by atoms with Crippen LogP contribution in [0.15, 0.2) is 58.5 Å². The minimum absolute atomic E-state index is 0.0184. The molecule has 8 nitrogen and oxygen atoms in total. The minimum atomic E-state index is -4.70. The first-order chi connectivity index (χ1) is 21.9. The number of rotatable bonds is 2. The Balaban J connectivity index is 2.06. The van der Waals surface area contributed by atoms with E-state index in [1.165, 1.54) is 12.4 Å². The van der Waals surface area contributed by atoms with Gasteiger partial charge in [0, 0.05) is 32.7 Å². The molecule has 0 spiro atoms. The number of hydrogen-bond acceptors (Lipinski definition) is 8. The third-order valence-corrected chi connectivity index (χ3v) is 7.22. The molecule has 0 aliphatic heterocycles. The van der Waals surface area contributed by atoms with E-state index in [9.17, 15) is 57.9 Å². The van der Waals surface area contributed by atoms with Gasteiger partial charge in [0.05, 0.1) is 44.1 Å². The van der Waals surface area contributed by atoms with Gasteiger partial charge in [-0.15, -0.1) is 0 Å². The van der Waals surface area contributed by atoms with Crippen LogP contribution < -0.4 is 10.7 Å². The molecule has 0 atom stereocenters. The van der Waals surface area contributed by atoms with Crippen LogP contribution >= 0.6 is 0 Å². The first-order valence-corrected chi connectivity index (χ1v) is 12.5. The maximum atomic E-state index is 13.3. The summed E-state index contributed by atoms with van der Waals surface area (Å²) in [5.74, 6) is 0. The van der Waals surface area contributed by atoms with Gasteiger partial charge in [0.25, 0.3) is 0 Å². The average molecular weight is 618 g/mol. The van der Waals surface area contributed by atoms with Crippen LogP contribution in [0.3, 0.4) is 0 Å². The molecule has 0 aromatic heterocycles. The van der Waals surface area contributed by atoms with Crippen LogP contribution in [0.5, 0.6) is 0 Å². The molecule has 0 radical (unpaired) electrons. The second-order valence-corrected chi connectivity index (χ2v) is 9.47. The molecule has 0 N–H and O–H groups in total. The fourth-order valence-electron chi connectivity index (χ4n) is 5.45. The summed E-state index contributed by atoms with van der Waals surface area (Å²) in [6.45, 7) is 0. The largest absolute Gasteiger partial charge is 0.416 e. The predicted octanol–water partition coefficient (Wildman–Crippen LogP) is 6.49. The standard InChI is InChI=1S/C32H8F6N8/c33-31(34,35)17-5-1-15(2-6-17)23-19(9-39)25-21(11-41)28-26(22(12-42)27(25)29(23)45-13-43)20(10-40)24(30(28)46-14-44)16-3-7-18(8-4-16)32(36,37)38/h1-8H. The van der Waals surface area contributed by atoms with Crippen molar-refractivity contribution >= 4 is 21.5 Å². The van der Waals surface area contributed by atoms with Gasteiger partial charge in [-0.05, 0) is 35.4 Å². The fourth-order valence-corrected chi connectivity index (χ4v) is 5.45. The molecule has 0 aliphatic carbocycles. The van der Waals surface area contributed by atoms with Crippen LogP contribution in [0, 0.1) is 68.2 Å². The number of benzene rings is 3. The van der Waals surface area contributed by atoms with Crippen LogP contribution in [-0.2, 0) is 12.4 Å². The monoisotopic (exact) mass is 618 g/mol. The topological polar surface area (TPSA) is 167 Å². The summed E-state index contributed by atoms with van der Waals surface area (Å²) in [5, 5.41) is 58.8. The van der Waals surface area contributed by atoms with Crippen LogP contribution in [0.4, 0.5) is 26.3 Å². The lowest BCUT2D eigenvalue weighted by atomic mass is 9.94. The van der Waals surface area contributed by atoms with E-state index in [2.05, 4.69) is 9.98 Å². The van der Waals surface area contributed by atoms with E-state index in [0.717, 1.165) is 48.5 Å². The van der Waals surface area contributed by atoms with E-state index in [1.54, 1.807) is 0 Å². The summed E-state index contributed by atoms with van der Waals surface area (Å²) in [4.78, 5) is 7.52. The third-order valence-electron chi connectivity index (χ3n) is 7.22. The van der Waals surface area contributed by atoms with Gasteiger partial charge in [0.2, 0.25) is 12.4 Å². The van der Waals surface area contributed by atoms with Crippen molar-refractivity contribution < 1.29 is 26.3 Å². The van der Waals surface area contributed by atoms with Gasteiger partial charge in [-0.3, -0.25) is 0 Å². The van der Waals surface area contributed by atoms with Crippen molar-refractivity contribution in [3.05, 3.63) is 92.6 Å². The molecule has 0 amide bonds. The van der Waals surface area contributed by atoms with Crippen LogP contribution in [0.25, 0.3) is 43.8 Å². The van der Waals surface area contributed by atoms with Crippen LogP contribution in [0.2, 0.25) is 0 Å². The summed E-state index contributed by atoms with van der Waals surface area (Å²) in [6.07, 6.45) is -6.33. The molecular formula is C32H8F6N8. The fraction of sp³-hybridized carbons (Fsp3) is 0.0625. The van der Waals surface area contributed by atoms with Crippen molar-refractivity contribution in [3.8, 4) is 58.9 Å². The Morgan fingerprint density at radius 1 is 0.435 bits per heavy atom. The lowest BCUT2D eigenvalue weighted by molar-refractivity contribution is -0.138.